The summed E-state index contributed by atoms with van der Waals surface area (Å²) < 4.78 is 21.4. The molecule has 0 bridgehead atoms. The van der Waals surface area contributed by atoms with Gasteiger partial charge in [-0.15, -0.1) is 0 Å². The minimum atomic E-state index is -0.302. The average Bonchev–Trinajstić information content (AvgIpc) is 3.80. The number of nitrogens with one attached hydrogen (secondary N) is 2. The molecule has 0 spiro atoms. The number of aromatic nitrogens is 6. The van der Waals surface area contributed by atoms with Crippen molar-refractivity contribution >= 4 is 27.8 Å². The molecule has 1 aliphatic heterocycles. The van der Waals surface area contributed by atoms with Crippen molar-refractivity contribution in [3.63, 3.8) is 0 Å². The Labute approximate surface area is 260 Å². The summed E-state index contributed by atoms with van der Waals surface area (Å²) >= 11 is 0. The Kier molecular flexibility index (Phi) is 7.74. The van der Waals surface area contributed by atoms with E-state index in [4.69, 9.17) is 20.4 Å². The quantitative estimate of drug-likeness (QED) is 0.179. The SMILES string of the molecule is C[N+](C)(CCN)c1cc(F)cc(-c2cccc3[nH]c(-c4n[nH]c5ccc(-c6cncc(OCCN7CCCC7)c6)nc45)nc23)c1. The molecule has 7 rings (SSSR count). The second kappa shape index (κ2) is 12.0. The van der Waals surface area contributed by atoms with Crippen LogP contribution in [-0.2, 0) is 0 Å². The van der Waals surface area contributed by atoms with E-state index in [0.717, 1.165) is 70.0 Å². The van der Waals surface area contributed by atoms with Crippen LogP contribution in [0.3, 0.4) is 0 Å². The zero-order valence-electron chi connectivity index (χ0n) is 25.6. The fraction of sp³-hybridized carbons (Fsp3) is 0.294. The van der Waals surface area contributed by atoms with Crippen molar-refractivity contribution in [2.75, 3.05) is 53.4 Å². The number of quaternary nitrogens is 1. The number of likely N-dealkylation sites (tertiary alicyclic amines) is 1. The number of nitrogens with two attached hydrogens (primary N) is 1. The minimum absolute atomic E-state index is 0.302. The summed E-state index contributed by atoms with van der Waals surface area (Å²) in [4.78, 5) is 20.2. The third-order valence-corrected chi connectivity index (χ3v) is 8.61. The molecule has 230 valence electrons. The number of nitrogens with zero attached hydrogens (tertiary/aromatic N) is 6. The maximum Gasteiger partial charge on any atom is 0.161 e. The highest BCUT2D eigenvalue weighted by Gasteiger charge is 2.22. The van der Waals surface area contributed by atoms with Crippen molar-refractivity contribution in [3.05, 3.63) is 72.8 Å². The lowest BCUT2D eigenvalue weighted by Crippen LogP contribution is -2.44. The van der Waals surface area contributed by atoms with Gasteiger partial charge in [-0.25, -0.2) is 14.4 Å². The van der Waals surface area contributed by atoms with Gasteiger partial charge in [0.05, 0.1) is 49.1 Å². The fourth-order valence-electron chi connectivity index (χ4n) is 6.07. The predicted octanol–water partition coefficient (Wildman–Crippen LogP) is 5.37. The molecule has 10 nitrogen and oxygen atoms in total. The van der Waals surface area contributed by atoms with Gasteiger partial charge in [0.2, 0.25) is 0 Å². The van der Waals surface area contributed by atoms with E-state index in [9.17, 15) is 4.39 Å². The summed E-state index contributed by atoms with van der Waals surface area (Å²) in [6.07, 6.45) is 6.05. The topological polar surface area (TPSA) is 122 Å². The van der Waals surface area contributed by atoms with Gasteiger partial charge in [0, 0.05) is 42.5 Å². The van der Waals surface area contributed by atoms with E-state index in [1.807, 2.05) is 56.6 Å². The molecule has 5 heterocycles. The zero-order chi connectivity index (χ0) is 31.0. The Balaban J connectivity index is 1.21. The van der Waals surface area contributed by atoms with E-state index < -0.39 is 0 Å². The average molecular weight is 607 g/mol. The second-order valence-corrected chi connectivity index (χ2v) is 12.2. The van der Waals surface area contributed by atoms with Crippen molar-refractivity contribution in [2.45, 2.75) is 12.8 Å². The van der Waals surface area contributed by atoms with E-state index >= 15 is 0 Å². The molecule has 45 heavy (non-hydrogen) atoms. The zero-order valence-corrected chi connectivity index (χ0v) is 25.6. The maximum atomic E-state index is 14.9. The first-order chi connectivity index (χ1) is 21.9. The molecule has 2 aromatic carbocycles. The Morgan fingerprint density at radius 1 is 0.956 bits per heavy atom. The van der Waals surface area contributed by atoms with Gasteiger partial charge in [-0.2, -0.15) is 5.10 Å². The predicted molar refractivity (Wildman–Crippen MR) is 176 cm³/mol. The number of fused-ring (bicyclic) bond motifs is 2. The molecule has 0 unspecified atom stereocenters. The maximum absolute atomic E-state index is 14.9. The molecule has 6 aromatic rings. The number of halogens is 1. The van der Waals surface area contributed by atoms with Gasteiger partial charge in [0.25, 0.3) is 0 Å². The summed E-state index contributed by atoms with van der Waals surface area (Å²) in [5.74, 6) is 0.988. The number of ether oxygens (including phenoxy) is 1. The molecule has 1 saturated heterocycles. The lowest BCUT2D eigenvalue weighted by Gasteiger charge is -2.29. The largest absolute Gasteiger partial charge is 0.491 e. The van der Waals surface area contributed by atoms with Crippen molar-refractivity contribution < 1.29 is 9.13 Å². The number of imidazole rings is 1. The van der Waals surface area contributed by atoms with Crippen LogP contribution in [0.2, 0.25) is 0 Å². The van der Waals surface area contributed by atoms with Crippen molar-refractivity contribution in [1.82, 2.24) is 39.5 Å². The van der Waals surface area contributed by atoms with E-state index in [1.165, 1.54) is 12.8 Å². The molecule has 0 saturated carbocycles. The number of hydrogen-bond donors (Lipinski definition) is 3. The molecule has 4 N–H and O–H groups in total. The molecule has 0 atom stereocenters. The molecule has 0 aliphatic carbocycles. The Morgan fingerprint density at radius 3 is 2.67 bits per heavy atom. The van der Waals surface area contributed by atoms with Gasteiger partial charge in [-0.1, -0.05) is 12.1 Å². The number of aromatic amines is 2. The van der Waals surface area contributed by atoms with Crippen LogP contribution >= 0.6 is 0 Å². The summed E-state index contributed by atoms with van der Waals surface area (Å²) in [5, 5.41) is 7.66. The van der Waals surface area contributed by atoms with Crippen LogP contribution in [0.25, 0.3) is 56.0 Å². The van der Waals surface area contributed by atoms with Crippen LogP contribution in [0, 0.1) is 5.82 Å². The van der Waals surface area contributed by atoms with Crippen LogP contribution < -0.4 is 15.0 Å². The van der Waals surface area contributed by atoms with E-state index in [1.54, 1.807) is 24.5 Å². The van der Waals surface area contributed by atoms with Crippen LogP contribution in [0.15, 0.2) is 67.0 Å². The summed E-state index contributed by atoms with van der Waals surface area (Å²) in [5.41, 5.74) is 13.5. The van der Waals surface area contributed by atoms with Crippen LogP contribution in [0.5, 0.6) is 5.75 Å². The third kappa shape index (κ3) is 5.89. The Bertz CT molecular complexity index is 1980. The van der Waals surface area contributed by atoms with Gasteiger partial charge in [-0.3, -0.25) is 19.5 Å². The van der Waals surface area contributed by atoms with Crippen LogP contribution in [-0.4, -0.2) is 88.5 Å². The molecule has 0 amide bonds. The van der Waals surface area contributed by atoms with Gasteiger partial charge in [-0.05, 0) is 61.8 Å². The molecular weight excluding hydrogens is 569 g/mol. The van der Waals surface area contributed by atoms with E-state index in [2.05, 4.69) is 25.1 Å². The van der Waals surface area contributed by atoms with Gasteiger partial charge >= 0.3 is 0 Å². The van der Waals surface area contributed by atoms with Gasteiger partial charge < -0.3 is 15.5 Å². The van der Waals surface area contributed by atoms with Crippen LogP contribution in [0.1, 0.15) is 12.8 Å². The number of rotatable bonds is 10. The van der Waals surface area contributed by atoms with E-state index in [-0.39, 0.29) is 5.82 Å². The van der Waals surface area contributed by atoms with Crippen molar-refractivity contribution in [1.29, 1.82) is 0 Å². The van der Waals surface area contributed by atoms with Gasteiger partial charge in [0.15, 0.2) is 11.5 Å². The highest BCUT2D eigenvalue weighted by Crippen LogP contribution is 2.34. The highest BCUT2D eigenvalue weighted by molar-refractivity contribution is 5.96. The molecule has 4 aromatic heterocycles. The number of hydrogen-bond acceptors (Lipinski definition) is 7. The van der Waals surface area contributed by atoms with E-state index in [0.29, 0.717) is 41.2 Å². The number of likely N-dealkylation sites (N-methyl/N-ethyl adjacent to an activating group) is 1. The van der Waals surface area contributed by atoms with Crippen molar-refractivity contribution in [2.24, 2.45) is 5.73 Å². The second-order valence-electron chi connectivity index (χ2n) is 12.2. The third-order valence-electron chi connectivity index (χ3n) is 8.61. The van der Waals surface area contributed by atoms with Crippen LogP contribution in [0.4, 0.5) is 10.1 Å². The molecular formula is C34H37FN9O+. The lowest BCUT2D eigenvalue weighted by atomic mass is 10.0. The number of H-pyrrole nitrogens is 2. The Hall–Kier alpha value is -4.71. The molecule has 1 aliphatic rings. The molecule has 1 fully saturated rings. The van der Waals surface area contributed by atoms with Crippen molar-refractivity contribution in [3.8, 4) is 39.7 Å². The first-order valence-corrected chi connectivity index (χ1v) is 15.4. The normalized spacial score (nSPS) is 14.1. The summed E-state index contributed by atoms with van der Waals surface area (Å²) in [6, 6.07) is 16.9. The number of benzene rings is 2. The fourth-order valence-corrected chi connectivity index (χ4v) is 6.07. The first-order valence-electron chi connectivity index (χ1n) is 15.4. The first kappa shape index (κ1) is 29.0. The summed E-state index contributed by atoms with van der Waals surface area (Å²) in [7, 11) is 4.05. The van der Waals surface area contributed by atoms with Gasteiger partial charge in [0.1, 0.15) is 29.4 Å². The smallest absolute Gasteiger partial charge is 0.161 e. The lowest BCUT2D eigenvalue weighted by molar-refractivity contribution is 0.237. The number of para-hydroxylation sites is 1. The monoisotopic (exact) mass is 606 g/mol. The Morgan fingerprint density at radius 2 is 1.82 bits per heavy atom. The standard InChI is InChI=1S/C34H37FN9O/c1-44(2,14-10-36)25-17-22(16-24(35)19-25)27-6-5-7-29-31(27)40-34(39-29)33-32-30(41-42-33)9-8-28(38-32)23-18-26(21-37-20-23)45-15-13-43-11-3-4-12-43/h5-9,16-21H,3-4,10-15,36H2,1-2H3,(H,39,40)(H,41,42)/q+1. The molecule has 11 heteroatoms. The highest BCUT2D eigenvalue weighted by atomic mass is 19.1. The summed E-state index contributed by atoms with van der Waals surface area (Å²) in [6.45, 7) is 5.01. The molecule has 0 radical (unpaired) electrons. The minimum Gasteiger partial charge on any atom is -0.491 e. The number of pyridine rings is 2.